The molecule has 10 nitrogen and oxygen atoms in total. The molecule has 3 heterocycles. The van der Waals surface area contributed by atoms with Gasteiger partial charge >= 0.3 is 0 Å². The Labute approximate surface area is 236 Å². The monoisotopic (exact) mass is 551 g/mol. The summed E-state index contributed by atoms with van der Waals surface area (Å²) in [6.45, 7) is 3.72. The van der Waals surface area contributed by atoms with Gasteiger partial charge in [-0.3, -0.25) is 19.0 Å². The van der Waals surface area contributed by atoms with Gasteiger partial charge in [-0.15, -0.1) is 0 Å². The number of aliphatic hydroxyl groups is 1. The maximum atomic E-state index is 13.5. The van der Waals surface area contributed by atoms with Gasteiger partial charge in [0.2, 0.25) is 0 Å². The number of carbonyl (C=O) groups is 1. The number of hydrogen-bond donors (Lipinski definition) is 3. The number of hydrogen-bond acceptors (Lipinski definition) is 6. The minimum atomic E-state index is -0.998. The molecule has 5 aromatic rings. The van der Waals surface area contributed by atoms with Crippen molar-refractivity contribution in [1.82, 2.24) is 35.1 Å². The van der Waals surface area contributed by atoms with E-state index < -0.39 is 5.60 Å². The molecule has 210 valence electrons. The fourth-order valence-corrected chi connectivity index (χ4v) is 6.95. The number of carbonyl (C=O) groups excluding carboxylic acids is 1. The minimum Gasteiger partial charge on any atom is -0.389 e. The molecule has 3 N–H and O–H groups in total. The van der Waals surface area contributed by atoms with E-state index in [1.165, 1.54) is 0 Å². The molecule has 0 radical (unpaired) electrons. The maximum Gasteiger partial charge on any atom is 0.272 e. The number of benzene rings is 2. The summed E-state index contributed by atoms with van der Waals surface area (Å²) in [6, 6.07) is 15.6. The predicted octanol–water partition coefficient (Wildman–Crippen LogP) is 3.90. The Morgan fingerprint density at radius 3 is 2.56 bits per heavy atom. The van der Waals surface area contributed by atoms with E-state index in [1.807, 2.05) is 55.6 Å². The van der Waals surface area contributed by atoms with Crippen LogP contribution in [0.2, 0.25) is 0 Å². The molecule has 41 heavy (non-hydrogen) atoms. The number of rotatable bonds is 6. The zero-order chi connectivity index (χ0) is 28.5. The number of aromatic amines is 1. The molecule has 0 saturated heterocycles. The average molecular weight is 552 g/mol. The van der Waals surface area contributed by atoms with Gasteiger partial charge in [-0.25, -0.2) is 5.10 Å². The van der Waals surface area contributed by atoms with Crippen molar-refractivity contribution in [2.45, 2.75) is 63.6 Å². The Hall–Kier alpha value is -4.31. The number of nitrogens with one attached hydrogen (secondary N) is 2. The Morgan fingerprint density at radius 2 is 1.85 bits per heavy atom. The summed E-state index contributed by atoms with van der Waals surface area (Å²) in [4.78, 5) is 25.7. The van der Waals surface area contributed by atoms with Crippen LogP contribution in [-0.4, -0.2) is 52.4 Å². The Balaban J connectivity index is 1.07. The van der Waals surface area contributed by atoms with Crippen molar-refractivity contribution in [3.05, 3.63) is 76.5 Å². The largest absolute Gasteiger partial charge is 0.389 e. The highest BCUT2D eigenvalue weighted by atomic mass is 16.3. The van der Waals surface area contributed by atoms with Gasteiger partial charge in [0.1, 0.15) is 0 Å². The van der Waals surface area contributed by atoms with E-state index in [1.54, 1.807) is 29.4 Å². The van der Waals surface area contributed by atoms with Gasteiger partial charge in [-0.1, -0.05) is 24.3 Å². The first-order valence-electron chi connectivity index (χ1n) is 14.1. The van der Waals surface area contributed by atoms with Crippen molar-refractivity contribution in [1.29, 1.82) is 0 Å². The van der Waals surface area contributed by atoms with E-state index in [-0.39, 0.29) is 29.5 Å². The van der Waals surface area contributed by atoms with Crippen LogP contribution in [0.15, 0.2) is 59.5 Å². The number of H-pyrrole nitrogens is 1. The fraction of sp³-hybridized carbons (Fsp3) is 0.387. The van der Waals surface area contributed by atoms with Gasteiger partial charge < -0.3 is 10.4 Å². The van der Waals surface area contributed by atoms with Crippen molar-refractivity contribution in [3.63, 3.8) is 0 Å². The first-order valence-corrected chi connectivity index (χ1v) is 14.1. The number of fused-ring (bicyclic) bond motifs is 2. The zero-order valence-electron chi connectivity index (χ0n) is 23.4. The average Bonchev–Trinajstić information content (AvgIpc) is 3.47. The SMILES string of the molecule is Cn1nccc1-c1ccc2c(C(=O)NC3CC4(C3)CC(c3n[nH]c(=O)c5ccccc35)C4)nn(CC(C)(C)O)c2c1. The first kappa shape index (κ1) is 25.6. The molecule has 2 saturated carbocycles. The normalized spacial score (nSPS) is 22.1. The molecule has 2 aliphatic rings. The summed E-state index contributed by atoms with van der Waals surface area (Å²) in [7, 11) is 1.89. The van der Waals surface area contributed by atoms with Crippen LogP contribution in [0.5, 0.6) is 0 Å². The van der Waals surface area contributed by atoms with E-state index in [9.17, 15) is 14.7 Å². The molecular weight excluding hydrogens is 518 g/mol. The third-order valence-corrected chi connectivity index (χ3v) is 8.79. The van der Waals surface area contributed by atoms with Gasteiger partial charge in [0.15, 0.2) is 5.69 Å². The quantitative estimate of drug-likeness (QED) is 0.293. The van der Waals surface area contributed by atoms with E-state index in [0.717, 1.165) is 58.9 Å². The van der Waals surface area contributed by atoms with Gasteiger partial charge in [-0.2, -0.15) is 15.3 Å². The molecular formula is C31H33N7O3. The Kier molecular flexibility index (Phi) is 5.69. The molecule has 2 fully saturated rings. The third kappa shape index (κ3) is 4.42. The van der Waals surface area contributed by atoms with E-state index in [0.29, 0.717) is 17.0 Å². The summed E-state index contributed by atoms with van der Waals surface area (Å²) in [5, 5.41) is 32.1. The van der Waals surface area contributed by atoms with Crippen LogP contribution < -0.4 is 10.9 Å². The first-order chi connectivity index (χ1) is 19.6. The molecule has 1 amide bonds. The standard InChI is InChI=1S/C31H33N7O3/c1-30(2,41)17-38-25-12-18(24-10-11-32-37(24)3)8-9-23(25)27(36-38)29(40)33-20-15-31(16-20)13-19(14-31)26-21-6-4-5-7-22(21)28(39)35-34-26/h4-12,19-20,41H,13-17H2,1-3H3,(H,33,40)(H,35,39). The summed E-state index contributed by atoms with van der Waals surface area (Å²) >= 11 is 0. The van der Waals surface area contributed by atoms with Crippen molar-refractivity contribution in [2.24, 2.45) is 12.5 Å². The van der Waals surface area contributed by atoms with E-state index in [2.05, 4.69) is 25.7 Å². The summed E-state index contributed by atoms with van der Waals surface area (Å²) in [5.74, 6) is 0.116. The molecule has 2 aliphatic carbocycles. The molecule has 7 rings (SSSR count). The Morgan fingerprint density at radius 1 is 1.10 bits per heavy atom. The van der Waals surface area contributed by atoms with Gasteiger partial charge in [0, 0.05) is 41.5 Å². The van der Waals surface area contributed by atoms with Crippen LogP contribution in [0.3, 0.4) is 0 Å². The lowest BCUT2D eigenvalue weighted by Gasteiger charge is -2.57. The second kappa shape index (κ2) is 9.10. The van der Waals surface area contributed by atoms with Gasteiger partial charge in [-0.05, 0) is 69.2 Å². The molecule has 1 spiro atoms. The third-order valence-electron chi connectivity index (χ3n) is 8.79. The maximum absolute atomic E-state index is 13.5. The zero-order valence-corrected chi connectivity index (χ0v) is 23.4. The minimum absolute atomic E-state index is 0.0898. The van der Waals surface area contributed by atoms with Gasteiger partial charge in [0.05, 0.1) is 34.4 Å². The van der Waals surface area contributed by atoms with E-state index >= 15 is 0 Å². The number of amides is 1. The molecule has 0 bridgehead atoms. The van der Waals surface area contributed by atoms with Crippen molar-refractivity contribution >= 4 is 27.6 Å². The molecule has 3 aromatic heterocycles. The Bertz CT molecular complexity index is 1860. The molecule has 0 unspecified atom stereocenters. The summed E-state index contributed by atoms with van der Waals surface area (Å²) in [5.41, 5.74) is 3.11. The topological polar surface area (TPSA) is 131 Å². The number of aromatic nitrogens is 6. The number of aryl methyl sites for hydroxylation is 1. The van der Waals surface area contributed by atoms with Crippen LogP contribution in [0.1, 0.15) is 61.6 Å². The lowest BCUT2D eigenvalue weighted by atomic mass is 9.49. The molecule has 10 heteroatoms. The van der Waals surface area contributed by atoms with Crippen molar-refractivity contribution in [2.75, 3.05) is 0 Å². The lowest BCUT2D eigenvalue weighted by molar-refractivity contribution is -0.0197. The lowest BCUT2D eigenvalue weighted by Crippen LogP contribution is -2.55. The fourth-order valence-electron chi connectivity index (χ4n) is 6.95. The highest BCUT2D eigenvalue weighted by molar-refractivity contribution is 6.05. The molecule has 0 atom stereocenters. The smallest absolute Gasteiger partial charge is 0.272 e. The number of nitrogens with zero attached hydrogens (tertiary/aromatic N) is 5. The predicted molar refractivity (Wildman–Crippen MR) is 155 cm³/mol. The van der Waals surface area contributed by atoms with E-state index in [4.69, 9.17) is 0 Å². The molecule has 0 aliphatic heterocycles. The highest BCUT2D eigenvalue weighted by Gasteiger charge is 2.54. The van der Waals surface area contributed by atoms with Crippen LogP contribution in [0.4, 0.5) is 0 Å². The second-order valence-electron chi connectivity index (χ2n) is 12.6. The second-order valence-corrected chi connectivity index (χ2v) is 12.6. The summed E-state index contributed by atoms with van der Waals surface area (Å²) < 4.78 is 3.53. The highest BCUT2D eigenvalue weighted by Crippen LogP contribution is 2.62. The summed E-state index contributed by atoms with van der Waals surface area (Å²) in [6.07, 6.45) is 5.60. The van der Waals surface area contributed by atoms with Crippen molar-refractivity contribution < 1.29 is 9.90 Å². The van der Waals surface area contributed by atoms with Crippen LogP contribution in [-0.2, 0) is 13.6 Å². The van der Waals surface area contributed by atoms with Crippen LogP contribution in [0, 0.1) is 5.41 Å². The van der Waals surface area contributed by atoms with Crippen LogP contribution in [0.25, 0.3) is 32.9 Å². The molecule has 2 aromatic carbocycles. The van der Waals surface area contributed by atoms with Gasteiger partial charge in [0.25, 0.3) is 11.5 Å². The van der Waals surface area contributed by atoms with Crippen LogP contribution >= 0.6 is 0 Å². The van der Waals surface area contributed by atoms with Crippen molar-refractivity contribution in [3.8, 4) is 11.3 Å².